The molecule has 1 unspecified atom stereocenters. The Labute approximate surface area is 99.9 Å². The van der Waals surface area contributed by atoms with Crippen molar-refractivity contribution in [2.45, 2.75) is 12.5 Å². The van der Waals surface area contributed by atoms with Gasteiger partial charge < -0.3 is 14.8 Å². The Morgan fingerprint density at radius 3 is 2.81 bits per heavy atom. The number of terminal acetylenes is 1. The van der Waals surface area contributed by atoms with Crippen molar-refractivity contribution in [3.63, 3.8) is 0 Å². The van der Waals surface area contributed by atoms with Crippen molar-refractivity contribution < 1.29 is 19.1 Å². The second-order valence-corrected chi connectivity index (χ2v) is 3.60. The molecule has 1 rings (SSSR count). The smallest absolute Gasteiger partial charge is 0.327 e. The highest BCUT2D eigenvalue weighted by Gasteiger charge is 2.21. The molecule has 1 aromatic rings. The van der Waals surface area contributed by atoms with Gasteiger partial charge in [-0.2, -0.15) is 0 Å². The van der Waals surface area contributed by atoms with Crippen LogP contribution in [0.25, 0.3) is 0 Å². The number of carboxylic acids is 1. The van der Waals surface area contributed by atoms with E-state index in [0.29, 0.717) is 0 Å². The van der Waals surface area contributed by atoms with E-state index in [1.807, 2.05) is 0 Å². The van der Waals surface area contributed by atoms with Crippen LogP contribution in [0.4, 0.5) is 0 Å². The Kier molecular flexibility index (Phi) is 4.14. The van der Waals surface area contributed by atoms with Gasteiger partial charge in [0.05, 0.1) is 11.8 Å². The summed E-state index contributed by atoms with van der Waals surface area (Å²) in [4.78, 5) is 22.3. The molecule has 1 amide bonds. The van der Waals surface area contributed by atoms with Gasteiger partial charge in [0.25, 0.3) is 5.91 Å². The molecular weight excluding hydrogens is 278 g/mol. The largest absolute Gasteiger partial charge is 0.480 e. The van der Waals surface area contributed by atoms with E-state index in [1.54, 1.807) is 0 Å². The second kappa shape index (κ2) is 5.37. The van der Waals surface area contributed by atoms with Gasteiger partial charge in [-0.1, -0.05) is 0 Å². The Balaban J connectivity index is 2.74. The molecule has 2 N–H and O–H groups in total. The van der Waals surface area contributed by atoms with Crippen molar-refractivity contribution >= 4 is 27.8 Å². The highest BCUT2D eigenvalue weighted by Crippen LogP contribution is 2.17. The van der Waals surface area contributed by atoms with Crippen LogP contribution >= 0.6 is 15.9 Å². The third-order valence-electron chi connectivity index (χ3n) is 1.79. The quantitative estimate of drug-likeness (QED) is 0.816. The van der Waals surface area contributed by atoms with Crippen LogP contribution < -0.4 is 5.32 Å². The summed E-state index contributed by atoms with van der Waals surface area (Å²) in [6.07, 6.45) is 6.24. The Morgan fingerprint density at radius 1 is 1.69 bits per heavy atom. The normalized spacial score (nSPS) is 11.5. The topological polar surface area (TPSA) is 79.5 Å². The molecule has 1 heterocycles. The lowest BCUT2D eigenvalue weighted by Crippen LogP contribution is -2.40. The van der Waals surface area contributed by atoms with Gasteiger partial charge in [0.15, 0.2) is 4.67 Å². The molecule has 0 aliphatic rings. The summed E-state index contributed by atoms with van der Waals surface area (Å²) in [5, 5.41) is 11.1. The molecule has 0 aliphatic heterocycles. The number of furan rings is 1. The lowest BCUT2D eigenvalue weighted by molar-refractivity contribution is -0.139. The minimum absolute atomic E-state index is 0.0729. The van der Waals surface area contributed by atoms with Crippen molar-refractivity contribution in [1.82, 2.24) is 5.32 Å². The third-order valence-corrected chi connectivity index (χ3v) is 2.40. The number of aliphatic carboxylic acids is 1. The van der Waals surface area contributed by atoms with Gasteiger partial charge in [0.1, 0.15) is 6.04 Å². The number of carbonyl (C=O) groups is 2. The maximum absolute atomic E-state index is 11.6. The molecule has 0 saturated carbocycles. The molecule has 0 bridgehead atoms. The summed E-state index contributed by atoms with van der Waals surface area (Å²) >= 11 is 3.02. The standard InChI is InChI=1S/C10H8BrNO4/c1-2-3-7(10(14)15)12-9(13)6-4-5-16-8(6)11/h1,4-5,7H,3H2,(H,12,13)(H,14,15). The highest BCUT2D eigenvalue weighted by atomic mass is 79.9. The zero-order valence-electron chi connectivity index (χ0n) is 8.07. The molecule has 6 heteroatoms. The number of amides is 1. The third kappa shape index (κ3) is 2.87. The van der Waals surface area contributed by atoms with Crippen molar-refractivity contribution in [2.75, 3.05) is 0 Å². The summed E-state index contributed by atoms with van der Waals surface area (Å²) in [7, 11) is 0. The van der Waals surface area contributed by atoms with Gasteiger partial charge in [0, 0.05) is 6.42 Å². The molecule has 0 saturated heterocycles. The number of carboxylic acid groups (broad SMARTS) is 1. The first-order valence-corrected chi connectivity index (χ1v) is 5.05. The lowest BCUT2D eigenvalue weighted by atomic mass is 10.2. The second-order valence-electron chi connectivity index (χ2n) is 2.88. The van der Waals surface area contributed by atoms with Crippen molar-refractivity contribution in [2.24, 2.45) is 0 Å². The Hall–Kier alpha value is -1.74. The van der Waals surface area contributed by atoms with Gasteiger partial charge in [0.2, 0.25) is 0 Å². The van der Waals surface area contributed by atoms with Crippen LogP contribution in [-0.4, -0.2) is 23.0 Å². The summed E-state index contributed by atoms with van der Waals surface area (Å²) in [6.45, 7) is 0. The number of nitrogens with one attached hydrogen (secondary N) is 1. The molecule has 0 aliphatic carbocycles. The zero-order valence-corrected chi connectivity index (χ0v) is 9.65. The lowest BCUT2D eigenvalue weighted by Gasteiger charge is -2.10. The maximum Gasteiger partial charge on any atom is 0.327 e. The maximum atomic E-state index is 11.6. The van der Waals surface area contributed by atoms with Crippen LogP contribution in [-0.2, 0) is 4.79 Å². The number of rotatable bonds is 4. The minimum Gasteiger partial charge on any atom is -0.480 e. The van der Waals surface area contributed by atoms with Gasteiger partial charge in [-0.3, -0.25) is 4.79 Å². The number of hydrogen-bond acceptors (Lipinski definition) is 3. The predicted molar refractivity (Wildman–Crippen MR) is 58.7 cm³/mol. The molecule has 0 spiro atoms. The highest BCUT2D eigenvalue weighted by molar-refractivity contribution is 9.10. The van der Waals surface area contributed by atoms with Crippen LogP contribution in [0.5, 0.6) is 0 Å². The van der Waals surface area contributed by atoms with E-state index in [4.69, 9.17) is 15.9 Å². The van der Waals surface area contributed by atoms with E-state index in [9.17, 15) is 9.59 Å². The molecule has 1 atom stereocenters. The average molecular weight is 286 g/mol. The molecular formula is C10H8BrNO4. The van der Waals surface area contributed by atoms with Crippen LogP contribution in [0.2, 0.25) is 0 Å². The van der Waals surface area contributed by atoms with Crippen LogP contribution in [0.15, 0.2) is 21.4 Å². The van der Waals surface area contributed by atoms with E-state index in [0.717, 1.165) is 0 Å². The molecule has 0 aromatic carbocycles. The molecule has 0 radical (unpaired) electrons. The number of carbonyl (C=O) groups excluding carboxylic acids is 1. The van der Waals surface area contributed by atoms with Crippen LogP contribution in [0.3, 0.4) is 0 Å². The van der Waals surface area contributed by atoms with Gasteiger partial charge in [-0.05, 0) is 22.0 Å². The first-order chi connectivity index (χ1) is 7.56. The van der Waals surface area contributed by atoms with Crippen molar-refractivity contribution in [3.05, 3.63) is 22.6 Å². The fraction of sp³-hybridized carbons (Fsp3) is 0.200. The fourth-order valence-electron chi connectivity index (χ4n) is 1.01. The predicted octanol–water partition coefficient (Wildman–Crippen LogP) is 1.25. The molecule has 84 valence electrons. The van der Waals surface area contributed by atoms with Crippen molar-refractivity contribution in [3.8, 4) is 12.3 Å². The summed E-state index contributed by atoms with van der Waals surface area (Å²) in [5.41, 5.74) is 0.225. The van der Waals surface area contributed by atoms with Crippen LogP contribution in [0.1, 0.15) is 16.8 Å². The SMILES string of the molecule is C#CCC(NC(=O)c1ccoc1Br)C(=O)O. The zero-order chi connectivity index (χ0) is 12.1. The molecule has 0 fully saturated rings. The van der Waals surface area contributed by atoms with Gasteiger partial charge in [-0.25, -0.2) is 4.79 Å². The van der Waals surface area contributed by atoms with Gasteiger partial charge >= 0.3 is 5.97 Å². The Morgan fingerprint density at radius 2 is 2.38 bits per heavy atom. The molecule has 16 heavy (non-hydrogen) atoms. The Bertz CT molecular complexity index is 446. The monoisotopic (exact) mass is 285 g/mol. The van der Waals surface area contributed by atoms with Gasteiger partial charge in [-0.15, -0.1) is 12.3 Å². The van der Waals surface area contributed by atoms with E-state index < -0.39 is 17.9 Å². The number of hydrogen-bond donors (Lipinski definition) is 2. The molecule has 1 aromatic heterocycles. The first-order valence-electron chi connectivity index (χ1n) is 4.26. The summed E-state index contributed by atoms with van der Waals surface area (Å²) in [6, 6.07) is 0.327. The van der Waals surface area contributed by atoms with E-state index in [2.05, 4.69) is 27.2 Å². The average Bonchev–Trinajstić information content (AvgIpc) is 2.63. The minimum atomic E-state index is -1.18. The summed E-state index contributed by atoms with van der Waals surface area (Å²) in [5.74, 6) is 0.456. The summed E-state index contributed by atoms with van der Waals surface area (Å²) < 4.78 is 5.10. The van der Waals surface area contributed by atoms with Crippen molar-refractivity contribution in [1.29, 1.82) is 0 Å². The van der Waals surface area contributed by atoms with Crippen LogP contribution in [0, 0.1) is 12.3 Å². The van der Waals surface area contributed by atoms with E-state index in [-0.39, 0.29) is 16.7 Å². The first kappa shape index (κ1) is 12.3. The molecule has 5 nitrogen and oxygen atoms in total. The fourth-order valence-corrected chi connectivity index (χ4v) is 1.43. The van der Waals surface area contributed by atoms with E-state index in [1.165, 1.54) is 12.3 Å². The number of halogens is 1. The van der Waals surface area contributed by atoms with E-state index >= 15 is 0 Å².